The zero-order valence-electron chi connectivity index (χ0n) is 10.2. The van der Waals surface area contributed by atoms with E-state index in [4.69, 9.17) is 4.74 Å². The van der Waals surface area contributed by atoms with Crippen molar-refractivity contribution >= 4 is 0 Å². The Bertz CT molecular complexity index is 185. The van der Waals surface area contributed by atoms with Crippen LogP contribution in [0.3, 0.4) is 0 Å². The Labute approximate surface area is 94.1 Å². The molecule has 1 heterocycles. The van der Waals surface area contributed by atoms with Gasteiger partial charge in [-0.05, 0) is 38.0 Å². The Hall–Kier alpha value is -0.340. The van der Waals surface area contributed by atoms with Crippen molar-refractivity contribution in [3.63, 3.8) is 0 Å². The summed E-state index contributed by atoms with van der Waals surface area (Å²) in [6.45, 7) is 11.4. The lowest BCUT2D eigenvalue weighted by molar-refractivity contribution is 0.0230. The number of hydrogen-bond acceptors (Lipinski definition) is 2. The molecule has 1 atom stereocenters. The third-order valence-electron chi connectivity index (χ3n) is 3.38. The van der Waals surface area contributed by atoms with E-state index in [1.807, 2.05) is 6.08 Å². The van der Waals surface area contributed by atoms with Crippen LogP contribution in [-0.2, 0) is 4.74 Å². The van der Waals surface area contributed by atoms with E-state index in [0.717, 1.165) is 26.2 Å². The van der Waals surface area contributed by atoms with Crippen LogP contribution >= 0.6 is 0 Å². The molecule has 0 aromatic carbocycles. The number of ether oxygens (including phenoxy) is 1. The molecule has 1 fully saturated rings. The molecule has 2 nitrogen and oxygen atoms in total. The van der Waals surface area contributed by atoms with Gasteiger partial charge in [-0.15, -0.1) is 6.58 Å². The predicted octanol–water partition coefficient (Wildman–Crippen LogP) is 2.75. The monoisotopic (exact) mass is 211 g/mol. The molecule has 0 saturated carbocycles. The fourth-order valence-corrected chi connectivity index (χ4v) is 1.93. The van der Waals surface area contributed by atoms with Gasteiger partial charge in [0.15, 0.2) is 0 Å². The van der Waals surface area contributed by atoms with Gasteiger partial charge in [0, 0.05) is 25.8 Å². The van der Waals surface area contributed by atoms with Crippen molar-refractivity contribution < 1.29 is 4.74 Å². The van der Waals surface area contributed by atoms with Crippen molar-refractivity contribution in [2.24, 2.45) is 5.41 Å². The Kier molecular flexibility index (Phi) is 5.34. The highest BCUT2D eigenvalue weighted by molar-refractivity contribution is 4.81. The molecule has 88 valence electrons. The summed E-state index contributed by atoms with van der Waals surface area (Å²) in [5.41, 5.74) is 0.445. The van der Waals surface area contributed by atoms with Gasteiger partial charge in [-0.25, -0.2) is 0 Å². The molecule has 1 aliphatic heterocycles. The van der Waals surface area contributed by atoms with Crippen LogP contribution in [0.15, 0.2) is 12.7 Å². The summed E-state index contributed by atoms with van der Waals surface area (Å²) >= 11 is 0. The van der Waals surface area contributed by atoms with Crippen LogP contribution in [0.4, 0.5) is 0 Å². The van der Waals surface area contributed by atoms with Gasteiger partial charge in [0.05, 0.1) is 0 Å². The van der Waals surface area contributed by atoms with Crippen molar-refractivity contribution in [1.82, 2.24) is 5.32 Å². The predicted molar refractivity (Wildman–Crippen MR) is 65.1 cm³/mol. The maximum Gasteiger partial charge on any atom is 0.0471 e. The van der Waals surface area contributed by atoms with Crippen LogP contribution in [0.1, 0.15) is 39.5 Å². The lowest BCUT2D eigenvalue weighted by atomic mass is 9.82. The van der Waals surface area contributed by atoms with Crippen molar-refractivity contribution in [2.75, 3.05) is 19.8 Å². The average molecular weight is 211 g/mol. The second kappa shape index (κ2) is 6.29. The molecule has 1 aliphatic rings. The van der Waals surface area contributed by atoms with E-state index in [2.05, 4.69) is 25.7 Å². The summed E-state index contributed by atoms with van der Waals surface area (Å²) in [7, 11) is 0. The summed E-state index contributed by atoms with van der Waals surface area (Å²) in [6.07, 6.45) is 6.67. The van der Waals surface area contributed by atoms with Gasteiger partial charge in [-0.3, -0.25) is 0 Å². The van der Waals surface area contributed by atoms with Gasteiger partial charge in [0.2, 0.25) is 0 Å². The summed E-state index contributed by atoms with van der Waals surface area (Å²) in [5.74, 6) is 0. The van der Waals surface area contributed by atoms with E-state index in [9.17, 15) is 0 Å². The van der Waals surface area contributed by atoms with Gasteiger partial charge < -0.3 is 10.1 Å². The van der Waals surface area contributed by atoms with Crippen LogP contribution in [0.2, 0.25) is 0 Å². The maximum absolute atomic E-state index is 5.40. The molecule has 0 spiro atoms. The Morgan fingerprint density at radius 2 is 2.13 bits per heavy atom. The molecule has 0 bridgehead atoms. The van der Waals surface area contributed by atoms with Crippen LogP contribution in [0.25, 0.3) is 0 Å². The molecule has 1 saturated heterocycles. The molecule has 1 N–H and O–H groups in total. The minimum absolute atomic E-state index is 0.445. The minimum atomic E-state index is 0.445. The number of hydrogen-bond donors (Lipinski definition) is 1. The number of rotatable bonds is 6. The van der Waals surface area contributed by atoms with Gasteiger partial charge in [-0.1, -0.05) is 13.0 Å². The highest BCUT2D eigenvalue weighted by Gasteiger charge is 2.27. The number of nitrogens with one attached hydrogen (secondary N) is 1. The van der Waals surface area contributed by atoms with E-state index >= 15 is 0 Å². The third-order valence-corrected chi connectivity index (χ3v) is 3.38. The zero-order chi connectivity index (χ0) is 11.1. The molecular weight excluding hydrogens is 186 g/mol. The topological polar surface area (TPSA) is 21.3 Å². The van der Waals surface area contributed by atoms with Crippen LogP contribution in [-0.4, -0.2) is 25.8 Å². The molecule has 0 aromatic rings. The van der Waals surface area contributed by atoms with Gasteiger partial charge in [0.1, 0.15) is 0 Å². The highest BCUT2D eigenvalue weighted by Crippen LogP contribution is 2.28. The quantitative estimate of drug-likeness (QED) is 0.682. The smallest absolute Gasteiger partial charge is 0.0471 e. The largest absolute Gasteiger partial charge is 0.381 e. The summed E-state index contributed by atoms with van der Waals surface area (Å²) in [4.78, 5) is 0. The van der Waals surface area contributed by atoms with Gasteiger partial charge in [-0.2, -0.15) is 0 Å². The first-order chi connectivity index (χ1) is 7.16. The second-order valence-corrected chi connectivity index (χ2v) is 5.07. The zero-order valence-corrected chi connectivity index (χ0v) is 10.2. The first kappa shape index (κ1) is 12.7. The van der Waals surface area contributed by atoms with Gasteiger partial charge in [0.25, 0.3) is 0 Å². The number of allylic oxidation sites excluding steroid dienone is 1. The highest BCUT2D eigenvalue weighted by atomic mass is 16.5. The lowest BCUT2D eigenvalue weighted by Crippen LogP contribution is -2.40. The standard InChI is InChI=1S/C13H25NO/c1-4-5-6-12(2)14-11-13(3)7-9-15-10-8-13/h4,12,14H,1,5-11H2,2-3H3. The Balaban J connectivity index is 2.19. The first-order valence-electron chi connectivity index (χ1n) is 6.08. The normalized spacial score (nSPS) is 22.3. The molecule has 0 aromatic heterocycles. The molecule has 1 rings (SSSR count). The summed E-state index contributed by atoms with van der Waals surface area (Å²) < 4.78 is 5.40. The molecule has 0 radical (unpaired) electrons. The molecule has 15 heavy (non-hydrogen) atoms. The fourth-order valence-electron chi connectivity index (χ4n) is 1.93. The van der Waals surface area contributed by atoms with Crippen LogP contribution in [0, 0.1) is 5.41 Å². The molecule has 1 unspecified atom stereocenters. The Morgan fingerprint density at radius 1 is 1.47 bits per heavy atom. The van der Waals surface area contributed by atoms with E-state index in [1.54, 1.807) is 0 Å². The van der Waals surface area contributed by atoms with E-state index < -0.39 is 0 Å². The summed E-state index contributed by atoms with van der Waals surface area (Å²) in [5, 5.41) is 3.62. The molecular formula is C13H25NO. The van der Waals surface area contributed by atoms with E-state index in [0.29, 0.717) is 11.5 Å². The van der Waals surface area contributed by atoms with Crippen molar-refractivity contribution in [1.29, 1.82) is 0 Å². The van der Waals surface area contributed by atoms with Crippen molar-refractivity contribution in [3.8, 4) is 0 Å². The molecule has 2 heteroatoms. The van der Waals surface area contributed by atoms with Crippen LogP contribution in [0.5, 0.6) is 0 Å². The second-order valence-electron chi connectivity index (χ2n) is 5.07. The SMILES string of the molecule is C=CCCC(C)NCC1(C)CCOCC1. The lowest BCUT2D eigenvalue weighted by Gasteiger charge is -2.34. The summed E-state index contributed by atoms with van der Waals surface area (Å²) in [6, 6.07) is 0.600. The van der Waals surface area contributed by atoms with Crippen LogP contribution < -0.4 is 5.32 Å². The average Bonchev–Trinajstić information content (AvgIpc) is 2.25. The van der Waals surface area contributed by atoms with E-state index in [1.165, 1.54) is 19.3 Å². The van der Waals surface area contributed by atoms with Crippen molar-refractivity contribution in [2.45, 2.75) is 45.6 Å². The maximum atomic E-state index is 5.40. The molecule has 0 amide bonds. The van der Waals surface area contributed by atoms with Gasteiger partial charge >= 0.3 is 0 Å². The fraction of sp³-hybridized carbons (Fsp3) is 0.846. The van der Waals surface area contributed by atoms with E-state index in [-0.39, 0.29) is 0 Å². The first-order valence-corrected chi connectivity index (χ1v) is 6.08. The minimum Gasteiger partial charge on any atom is -0.381 e. The Morgan fingerprint density at radius 3 is 2.73 bits per heavy atom. The third kappa shape index (κ3) is 4.80. The van der Waals surface area contributed by atoms with Crippen molar-refractivity contribution in [3.05, 3.63) is 12.7 Å². The molecule has 0 aliphatic carbocycles.